The molecule has 28 heavy (non-hydrogen) atoms. The van der Waals surface area contributed by atoms with Crippen molar-refractivity contribution in [2.45, 2.75) is 95.1 Å². The summed E-state index contributed by atoms with van der Waals surface area (Å²) in [6.45, 7) is 4.56. The molecular formula is C25H36N2O. The van der Waals surface area contributed by atoms with Gasteiger partial charge in [0.25, 0.3) is 0 Å². The highest BCUT2D eigenvalue weighted by atomic mass is 16.2. The molecule has 2 heterocycles. The van der Waals surface area contributed by atoms with E-state index in [-0.39, 0.29) is 5.41 Å². The first kappa shape index (κ1) is 18.7. The summed E-state index contributed by atoms with van der Waals surface area (Å²) in [6, 6.07) is 11.1. The Morgan fingerprint density at radius 2 is 1.71 bits per heavy atom. The predicted molar refractivity (Wildman–Crippen MR) is 113 cm³/mol. The van der Waals surface area contributed by atoms with Gasteiger partial charge in [0.15, 0.2) is 0 Å². The number of hydrogen-bond donors (Lipinski definition) is 1. The van der Waals surface area contributed by atoms with Gasteiger partial charge >= 0.3 is 0 Å². The minimum Gasteiger partial charge on any atom is -0.356 e. The van der Waals surface area contributed by atoms with Gasteiger partial charge < -0.3 is 5.32 Å². The van der Waals surface area contributed by atoms with Crippen LogP contribution in [-0.2, 0) is 4.79 Å². The molecule has 0 bridgehead atoms. The number of benzene rings is 1. The summed E-state index contributed by atoms with van der Waals surface area (Å²) in [4.78, 5) is 15.5. The molecule has 4 fully saturated rings. The lowest BCUT2D eigenvalue weighted by atomic mass is 9.66. The van der Waals surface area contributed by atoms with Crippen LogP contribution in [0.3, 0.4) is 0 Å². The summed E-state index contributed by atoms with van der Waals surface area (Å²) in [6.07, 6.45) is 12.5. The molecule has 2 aliphatic carbocycles. The average Bonchev–Trinajstić information content (AvgIpc) is 3.46. The predicted octanol–water partition coefficient (Wildman–Crippen LogP) is 4.97. The number of carbonyl (C=O) groups is 1. The highest BCUT2D eigenvalue weighted by Crippen LogP contribution is 2.52. The van der Waals surface area contributed by atoms with Crippen molar-refractivity contribution in [2.75, 3.05) is 13.1 Å². The van der Waals surface area contributed by atoms with Gasteiger partial charge in [-0.3, -0.25) is 9.69 Å². The van der Waals surface area contributed by atoms with E-state index in [1.165, 1.54) is 62.6 Å². The maximum Gasteiger partial charge on any atom is 0.226 e. The molecule has 1 aromatic carbocycles. The van der Waals surface area contributed by atoms with Crippen LogP contribution < -0.4 is 5.32 Å². The van der Waals surface area contributed by atoms with Gasteiger partial charge in [0.2, 0.25) is 5.91 Å². The fourth-order valence-corrected chi connectivity index (χ4v) is 7.07. The van der Waals surface area contributed by atoms with E-state index in [9.17, 15) is 4.79 Å². The zero-order chi connectivity index (χ0) is 19.1. The van der Waals surface area contributed by atoms with Crippen LogP contribution in [0.25, 0.3) is 0 Å². The Balaban J connectivity index is 1.30. The Hall–Kier alpha value is -1.35. The monoisotopic (exact) mass is 380 g/mol. The lowest BCUT2D eigenvalue weighted by molar-refractivity contribution is -0.134. The van der Waals surface area contributed by atoms with E-state index in [0.717, 1.165) is 43.8 Å². The van der Waals surface area contributed by atoms with Gasteiger partial charge in [0, 0.05) is 18.6 Å². The highest BCUT2D eigenvalue weighted by Gasteiger charge is 2.49. The molecule has 0 aromatic heterocycles. The van der Waals surface area contributed by atoms with E-state index in [1.807, 2.05) is 0 Å². The van der Waals surface area contributed by atoms with Crippen LogP contribution in [0.4, 0.5) is 0 Å². The van der Waals surface area contributed by atoms with Gasteiger partial charge in [-0.1, -0.05) is 37.1 Å². The molecular weight excluding hydrogens is 344 g/mol. The van der Waals surface area contributed by atoms with Crippen LogP contribution in [-0.4, -0.2) is 36.0 Å². The molecule has 5 rings (SSSR count). The zero-order valence-corrected chi connectivity index (χ0v) is 17.5. The molecule has 3 heteroatoms. The SMILES string of the molecule is CC1CCCN1C1CCC(c2ccc(C3CCNC(=O)C34CCCC4)cc2)C1. The lowest BCUT2D eigenvalue weighted by Gasteiger charge is -2.40. The van der Waals surface area contributed by atoms with E-state index >= 15 is 0 Å². The molecule has 1 aromatic rings. The standard InChI is InChI=1S/C25H36N2O/c1-18-5-4-16-27(18)22-11-10-21(17-22)19-6-8-20(9-7-19)23-12-15-26-24(28)25(23)13-2-3-14-25/h6-9,18,21-23H,2-5,10-17H2,1H3,(H,26,28). The first-order chi connectivity index (χ1) is 13.7. The van der Waals surface area contributed by atoms with E-state index in [4.69, 9.17) is 0 Å². The second kappa shape index (κ2) is 7.48. The molecule has 2 aliphatic heterocycles. The van der Waals surface area contributed by atoms with Gasteiger partial charge in [-0.05, 0) is 87.8 Å². The first-order valence-electron chi connectivity index (χ1n) is 11.8. The van der Waals surface area contributed by atoms with Crippen molar-refractivity contribution in [1.29, 1.82) is 0 Å². The van der Waals surface area contributed by atoms with Crippen molar-refractivity contribution < 1.29 is 4.79 Å². The van der Waals surface area contributed by atoms with Gasteiger partial charge in [-0.2, -0.15) is 0 Å². The van der Waals surface area contributed by atoms with Crippen LogP contribution >= 0.6 is 0 Å². The normalized spacial score (nSPS) is 35.5. The maximum atomic E-state index is 12.8. The molecule has 1 N–H and O–H groups in total. The molecule has 1 amide bonds. The van der Waals surface area contributed by atoms with Crippen molar-refractivity contribution in [3.63, 3.8) is 0 Å². The van der Waals surface area contributed by atoms with Crippen LogP contribution in [0.2, 0.25) is 0 Å². The molecule has 3 nitrogen and oxygen atoms in total. The molecule has 0 radical (unpaired) electrons. The third-order valence-corrected chi connectivity index (χ3v) is 8.62. The van der Waals surface area contributed by atoms with Crippen LogP contribution in [0.15, 0.2) is 24.3 Å². The van der Waals surface area contributed by atoms with Crippen molar-refractivity contribution in [3.05, 3.63) is 35.4 Å². The summed E-state index contributed by atoms with van der Waals surface area (Å²) in [5, 5.41) is 3.16. The van der Waals surface area contributed by atoms with E-state index in [2.05, 4.69) is 41.4 Å². The number of nitrogens with zero attached hydrogens (tertiary/aromatic N) is 1. The van der Waals surface area contributed by atoms with E-state index in [1.54, 1.807) is 0 Å². The fourth-order valence-electron chi connectivity index (χ4n) is 7.07. The molecule has 2 saturated heterocycles. The van der Waals surface area contributed by atoms with Crippen LogP contribution in [0.5, 0.6) is 0 Å². The van der Waals surface area contributed by atoms with E-state index < -0.39 is 0 Å². The summed E-state index contributed by atoms with van der Waals surface area (Å²) in [5.74, 6) is 1.46. The number of amides is 1. The Morgan fingerprint density at radius 3 is 2.43 bits per heavy atom. The Morgan fingerprint density at radius 1 is 0.964 bits per heavy atom. The quantitative estimate of drug-likeness (QED) is 0.803. The highest BCUT2D eigenvalue weighted by molar-refractivity contribution is 5.85. The Labute approximate surface area is 170 Å². The molecule has 152 valence electrons. The lowest BCUT2D eigenvalue weighted by Crippen LogP contribution is -2.48. The number of rotatable bonds is 3. The smallest absolute Gasteiger partial charge is 0.226 e. The van der Waals surface area contributed by atoms with Crippen molar-refractivity contribution in [1.82, 2.24) is 10.2 Å². The number of hydrogen-bond acceptors (Lipinski definition) is 2. The average molecular weight is 381 g/mol. The summed E-state index contributed by atoms with van der Waals surface area (Å²) in [5.41, 5.74) is 2.81. The van der Waals surface area contributed by atoms with E-state index in [0.29, 0.717) is 11.8 Å². The van der Waals surface area contributed by atoms with Crippen molar-refractivity contribution in [2.24, 2.45) is 5.41 Å². The summed E-state index contributed by atoms with van der Waals surface area (Å²) < 4.78 is 0. The Kier molecular flexibility index (Phi) is 4.99. The molecule has 4 unspecified atom stereocenters. The van der Waals surface area contributed by atoms with Gasteiger partial charge in [0.05, 0.1) is 5.41 Å². The molecule has 4 atom stereocenters. The van der Waals surface area contributed by atoms with Crippen molar-refractivity contribution in [3.8, 4) is 0 Å². The molecule has 1 spiro atoms. The second-order valence-electron chi connectivity index (χ2n) is 10.0. The second-order valence-corrected chi connectivity index (χ2v) is 10.0. The molecule has 4 aliphatic rings. The zero-order valence-electron chi connectivity index (χ0n) is 17.5. The van der Waals surface area contributed by atoms with Gasteiger partial charge in [-0.25, -0.2) is 0 Å². The minimum atomic E-state index is -0.121. The van der Waals surface area contributed by atoms with Gasteiger partial charge in [-0.15, -0.1) is 0 Å². The summed E-state index contributed by atoms with van der Waals surface area (Å²) >= 11 is 0. The topological polar surface area (TPSA) is 32.3 Å². The Bertz CT molecular complexity index is 706. The van der Waals surface area contributed by atoms with Gasteiger partial charge in [0.1, 0.15) is 0 Å². The first-order valence-corrected chi connectivity index (χ1v) is 11.8. The van der Waals surface area contributed by atoms with Crippen LogP contribution in [0.1, 0.15) is 94.1 Å². The van der Waals surface area contributed by atoms with Crippen LogP contribution in [0, 0.1) is 5.41 Å². The third kappa shape index (κ3) is 3.10. The summed E-state index contributed by atoms with van der Waals surface area (Å²) in [7, 11) is 0. The number of likely N-dealkylation sites (tertiary alicyclic amines) is 1. The third-order valence-electron chi connectivity index (χ3n) is 8.62. The number of carbonyl (C=O) groups excluding carboxylic acids is 1. The number of nitrogens with one attached hydrogen (secondary N) is 1. The maximum absolute atomic E-state index is 12.8. The minimum absolute atomic E-state index is 0.121. The largest absolute Gasteiger partial charge is 0.356 e. The fraction of sp³-hybridized carbons (Fsp3) is 0.720. The molecule has 2 saturated carbocycles. The number of piperidine rings is 1. The van der Waals surface area contributed by atoms with Crippen molar-refractivity contribution >= 4 is 5.91 Å².